The first-order valence-electron chi connectivity index (χ1n) is 25.5. The van der Waals surface area contributed by atoms with Crippen molar-refractivity contribution < 1.29 is 58.8 Å². The summed E-state index contributed by atoms with van der Waals surface area (Å²) in [5, 5.41) is 50.9. The van der Waals surface area contributed by atoms with Gasteiger partial charge >= 0.3 is 23.9 Å². The van der Waals surface area contributed by atoms with E-state index < -0.39 is 52.9 Å². The topological polar surface area (TPSA) is 305 Å². The normalized spacial score (nSPS) is 17.1. The predicted octanol–water partition coefficient (Wildman–Crippen LogP) is 1.53. The number of carbonyl (C=O) groups excluding carboxylic acids is 4. The molecule has 21 heteroatoms. The molecule has 0 radical (unpaired) electrons. The van der Waals surface area contributed by atoms with Gasteiger partial charge in [0.2, 0.25) is 5.91 Å². The first-order valence-corrected chi connectivity index (χ1v) is 25.5. The van der Waals surface area contributed by atoms with E-state index in [1.807, 2.05) is 30.3 Å². The number of benzene rings is 2. The molecular weight excluding hydrogens is 943 g/mol. The molecular formula is C52H81N9O12. The van der Waals surface area contributed by atoms with Gasteiger partial charge in [-0.3, -0.25) is 68.6 Å². The maximum absolute atomic E-state index is 14.7. The van der Waals surface area contributed by atoms with Gasteiger partial charge in [-0.25, -0.2) is 0 Å². The van der Waals surface area contributed by atoms with E-state index in [1.54, 1.807) is 66.7 Å². The average Bonchev–Trinajstić information content (AvgIpc) is 3.35. The van der Waals surface area contributed by atoms with Crippen LogP contribution in [0.2, 0.25) is 0 Å². The van der Waals surface area contributed by atoms with E-state index in [0.29, 0.717) is 84.6 Å². The Bertz CT molecular complexity index is 2070. The van der Waals surface area contributed by atoms with Crippen molar-refractivity contribution in [2.45, 2.75) is 115 Å². The highest BCUT2D eigenvalue weighted by atomic mass is 16.4. The van der Waals surface area contributed by atoms with Gasteiger partial charge in [0.05, 0.1) is 43.3 Å². The second-order valence-electron chi connectivity index (χ2n) is 19.3. The highest BCUT2D eigenvalue weighted by Gasteiger charge is 2.40. The van der Waals surface area contributed by atoms with Crippen molar-refractivity contribution in [3.63, 3.8) is 0 Å². The Kier molecular flexibility index (Phi) is 26.8. The maximum Gasteiger partial charge on any atom is 0.320 e. The molecule has 1 aliphatic heterocycles. The Hall–Kier alpha value is -5.68. The Labute approximate surface area is 429 Å². The number of carboxylic acids is 4. The largest absolute Gasteiger partial charge is 0.480 e. The number of nitrogens with two attached hydrogens (primary N) is 1. The number of hydrogen-bond acceptors (Lipinski definition) is 15. The van der Waals surface area contributed by atoms with Crippen molar-refractivity contribution in [3.05, 3.63) is 71.3 Å². The Morgan fingerprint density at radius 1 is 0.630 bits per heavy atom. The van der Waals surface area contributed by atoms with Gasteiger partial charge in [0, 0.05) is 77.4 Å². The van der Waals surface area contributed by atoms with E-state index in [1.165, 1.54) is 0 Å². The van der Waals surface area contributed by atoms with Gasteiger partial charge < -0.3 is 36.8 Å². The molecule has 4 atom stereocenters. The summed E-state index contributed by atoms with van der Waals surface area (Å²) in [5.41, 5.74) is 4.86. The van der Waals surface area contributed by atoms with Gasteiger partial charge in [0.1, 0.15) is 6.04 Å². The van der Waals surface area contributed by atoms with Crippen LogP contribution in [0.15, 0.2) is 54.6 Å². The Balaban J connectivity index is 1.74. The monoisotopic (exact) mass is 1020 g/mol. The summed E-state index contributed by atoms with van der Waals surface area (Å²) < 4.78 is 0. The van der Waals surface area contributed by atoms with E-state index in [9.17, 15) is 58.8 Å². The van der Waals surface area contributed by atoms with Crippen molar-refractivity contribution in [1.29, 1.82) is 0 Å². The molecule has 0 spiro atoms. The van der Waals surface area contributed by atoms with Crippen LogP contribution in [0.25, 0.3) is 0 Å². The lowest BCUT2D eigenvalue weighted by molar-refractivity contribution is -0.141. The molecule has 3 rings (SSSR count). The highest BCUT2D eigenvalue weighted by Crippen LogP contribution is 2.20. The van der Waals surface area contributed by atoms with Crippen LogP contribution in [0.3, 0.4) is 0 Å². The minimum atomic E-state index is -1.29. The van der Waals surface area contributed by atoms with Crippen LogP contribution in [-0.2, 0) is 46.5 Å². The molecule has 4 unspecified atom stereocenters. The van der Waals surface area contributed by atoms with E-state index in [0.717, 1.165) is 17.5 Å². The smallest absolute Gasteiger partial charge is 0.320 e. The summed E-state index contributed by atoms with van der Waals surface area (Å²) in [4.78, 5) is 109. The van der Waals surface area contributed by atoms with Crippen LogP contribution in [0.1, 0.15) is 101 Å². The molecule has 1 aliphatic rings. The van der Waals surface area contributed by atoms with Crippen molar-refractivity contribution in [2.24, 2.45) is 5.73 Å². The number of nitrogens with one attached hydrogen (secondary N) is 4. The fraction of sp³-hybridized carbons (Fsp3) is 0.615. The Morgan fingerprint density at radius 3 is 1.63 bits per heavy atom. The van der Waals surface area contributed by atoms with Crippen LogP contribution in [0, 0.1) is 0 Å². The summed E-state index contributed by atoms with van der Waals surface area (Å²) >= 11 is 0. The second-order valence-corrected chi connectivity index (χ2v) is 19.3. The van der Waals surface area contributed by atoms with E-state index >= 15 is 0 Å². The number of ketones is 2. The third-order valence-electron chi connectivity index (χ3n) is 13.6. The van der Waals surface area contributed by atoms with E-state index in [-0.39, 0.29) is 88.0 Å². The van der Waals surface area contributed by atoms with Gasteiger partial charge in [0.15, 0.2) is 11.6 Å². The maximum atomic E-state index is 14.7. The van der Waals surface area contributed by atoms with Crippen molar-refractivity contribution in [1.82, 2.24) is 40.9 Å². The summed E-state index contributed by atoms with van der Waals surface area (Å²) in [6.45, 7) is 9.93. The predicted molar refractivity (Wildman–Crippen MR) is 275 cm³/mol. The van der Waals surface area contributed by atoms with Crippen LogP contribution in [0.4, 0.5) is 0 Å². The molecule has 0 bridgehead atoms. The fourth-order valence-electron chi connectivity index (χ4n) is 8.59. The fourth-order valence-corrected chi connectivity index (χ4v) is 8.59. The number of carbonyl (C=O) groups is 8. The van der Waals surface area contributed by atoms with Gasteiger partial charge in [-0.05, 0) is 95.0 Å². The number of carboxylic acid groups (broad SMARTS) is 4. The lowest BCUT2D eigenvalue weighted by atomic mass is 9.84. The lowest BCUT2D eigenvalue weighted by Gasteiger charge is -2.35. The minimum Gasteiger partial charge on any atom is -0.480 e. The van der Waals surface area contributed by atoms with Crippen LogP contribution in [0.5, 0.6) is 0 Å². The van der Waals surface area contributed by atoms with Crippen molar-refractivity contribution in [3.8, 4) is 0 Å². The summed E-state index contributed by atoms with van der Waals surface area (Å²) in [6.07, 6.45) is 3.81. The number of hydrogen-bond donors (Lipinski definition) is 9. The van der Waals surface area contributed by atoms with Crippen molar-refractivity contribution in [2.75, 3.05) is 91.6 Å². The van der Waals surface area contributed by atoms with Crippen LogP contribution >= 0.6 is 0 Å². The van der Waals surface area contributed by atoms with E-state index in [4.69, 9.17) is 5.73 Å². The molecule has 406 valence electrons. The zero-order valence-corrected chi connectivity index (χ0v) is 43.2. The molecule has 0 saturated carbocycles. The quantitative estimate of drug-likeness (QED) is 0.0470. The van der Waals surface area contributed by atoms with Gasteiger partial charge in [-0.15, -0.1) is 0 Å². The molecule has 1 saturated heterocycles. The third kappa shape index (κ3) is 22.5. The minimum absolute atomic E-state index is 0.0765. The SMILES string of the molecule is CCC(C)(NC(CCCCNC(=O)CCCCN)C(=O)O)C(=O)CNC(C)(CC)C(=O)C(Cc1ccccc1)NC(=O)c1ccc(CN2CCN(CC(=O)O)CCN(CC(=O)O)CCN(CC(=O)O)CC2)cc1. The summed E-state index contributed by atoms with van der Waals surface area (Å²) in [6, 6.07) is 14.0. The molecule has 2 aromatic rings. The van der Waals surface area contributed by atoms with Crippen molar-refractivity contribution >= 4 is 47.3 Å². The number of Topliss-reactive ketones (excluding diaryl/α,β-unsaturated/α-hetero) is 2. The summed E-state index contributed by atoms with van der Waals surface area (Å²) in [5.74, 6) is -5.44. The van der Waals surface area contributed by atoms with Gasteiger partial charge in [-0.2, -0.15) is 0 Å². The highest BCUT2D eigenvalue weighted by molar-refractivity contribution is 6.01. The molecule has 2 aromatic carbocycles. The Morgan fingerprint density at radius 2 is 1.15 bits per heavy atom. The van der Waals surface area contributed by atoms with Crippen LogP contribution in [-0.4, -0.2) is 202 Å². The summed E-state index contributed by atoms with van der Waals surface area (Å²) in [7, 11) is 0. The molecule has 73 heavy (non-hydrogen) atoms. The molecule has 1 heterocycles. The first-order chi connectivity index (χ1) is 34.7. The molecule has 2 amide bonds. The number of nitrogens with zero attached hydrogens (tertiary/aromatic N) is 4. The zero-order valence-electron chi connectivity index (χ0n) is 43.2. The molecule has 0 aliphatic carbocycles. The standard InChI is InChI=1S/C52H81N9O12/c1-5-51(3,57-41(50(72)73)16-11-13-23-54-44(63)17-10-12-22-53)43(62)33-55-52(4,6-2)48(70)42(32-38-14-8-7-9-15-38)56-49(71)40-20-18-39(19-21-40)34-58-24-26-59(35-45(64)65)28-30-61(37-47(68)69)31-29-60(27-25-58)36-46(66)67/h7-9,14-15,18-21,41-42,55,57H,5-6,10-13,16-17,22-37,53H2,1-4H3,(H,54,63)(H,56,71)(H,64,65)(H,66,67)(H,68,69)(H,72,73). The van der Waals surface area contributed by atoms with Gasteiger partial charge in [-0.1, -0.05) is 56.3 Å². The average molecular weight is 1020 g/mol. The van der Waals surface area contributed by atoms with Crippen LogP contribution < -0.4 is 27.0 Å². The number of rotatable bonds is 32. The molecule has 0 aromatic heterocycles. The first kappa shape index (κ1) is 61.6. The number of aliphatic carboxylic acids is 4. The second kappa shape index (κ2) is 31.8. The third-order valence-corrected chi connectivity index (χ3v) is 13.6. The number of unbranched alkanes of at least 4 members (excludes halogenated alkanes) is 2. The molecule has 21 nitrogen and oxygen atoms in total. The molecule has 10 N–H and O–H groups in total. The van der Waals surface area contributed by atoms with Gasteiger partial charge in [0.25, 0.3) is 5.91 Å². The van der Waals surface area contributed by atoms with E-state index in [2.05, 4.69) is 26.2 Å². The lowest BCUT2D eigenvalue weighted by Crippen LogP contribution is -2.62. The zero-order chi connectivity index (χ0) is 54.0. The molecule has 1 fully saturated rings. The number of amides is 2.